The third-order valence-corrected chi connectivity index (χ3v) is 6.97. The smallest absolute Gasteiger partial charge is 0.206 e. The van der Waals surface area contributed by atoms with Gasteiger partial charge in [0.15, 0.2) is 0 Å². The lowest BCUT2D eigenvalue weighted by Crippen LogP contribution is -2.40. The van der Waals surface area contributed by atoms with Crippen molar-refractivity contribution in [2.75, 3.05) is 23.3 Å². The Hall–Kier alpha value is -3.64. The van der Waals surface area contributed by atoms with Gasteiger partial charge < -0.3 is 14.8 Å². The Morgan fingerprint density at radius 1 is 0.943 bits per heavy atom. The number of nitrogens with one attached hydrogen (secondary N) is 1. The molecule has 6 rings (SSSR count). The van der Waals surface area contributed by atoms with Crippen LogP contribution in [0.3, 0.4) is 0 Å². The Morgan fingerprint density at radius 3 is 2.57 bits per heavy atom. The Labute approximate surface area is 208 Å². The van der Waals surface area contributed by atoms with Crippen LogP contribution < -0.4 is 10.2 Å². The van der Waals surface area contributed by atoms with Gasteiger partial charge in [0.25, 0.3) is 0 Å². The van der Waals surface area contributed by atoms with Crippen molar-refractivity contribution in [1.29, 1.82) is 0 Å². The first-order valence-electron chi connectivity index (χ1n) is 11.9. The van der Waals surface area contributed by atoms with Crippen molar-refractivity contribution < 1.29 is 4.39 Å². The van der Waals surface area contributed by atoms with E-state index in [0.29, 0.717) is 17.6 Å². The van der Waals surface area contributed by atoms with Crippen LogP contribution in [0.25, 0.3) is 21.9 Å². The zero-order valence-corrected chi connectivity index (χ0v) is 19.9. The minimum Gasteiger partial charge on any atom is -0.382 e. The quantitative estimate of drug-likeness (QED) is 0.308. The van der Waals surface area contributed by atoms with Crippen molar-refractivity contribution in [2.24, 2.45) is 0 Å². The maximum Gasteiger partial charge on any atom is 0.206 e. The van der Waals surface area contributed by atoms with E-state index in [1.807, 2.05) is 54.7 Å². The summed E-state index contributed by atoms with van der Waals surface area (Å²) in [7, 11) is 0. The third kappa shape index (κ3) is 4.42. The predicted octanol–water partition coefficient (Wildman–Crippen LogP) is 6.51. The Bertz CT molecular complexity index is 1490. The maximum absolute atomic E-state index is 13.4. The monoisotopic (exact) mass is 485 g/mol. The minimum atomic E-state index is -0.218. The van der Waals surface area contributed by atoms with E-state index in [9.17, 15) is 4.39 Å². The number of fused-ring (bicyclic) bond motifs is 2. The van der Waals surface area contributed by atoms with Crippen LogP contribution in [0.1, 0.15) is 18.4 Å². The normalized spacial score (nSPS) is 14.6. The first kappa shape index (κ1) is 21.9. The maximum atomic E-state index is 13.4. The number of aromatic nitrogens is 3. The number of rotatable bonds is 5. The molecular weight excluding hydrogens is 461 g/mol. The summed E-state index contributed by atoms with van der Waals surface area (Å²) in [6, 6.07) is 23.2. The second kappa shape index (κ2) is 9.19. The molecule has 0 saturated carbocycles. The van der Waals surface area contributed by atoms with Crippen molar-refractivity contribution in [3.63, 3.8) is 0 Å². The fraction of sp³-hybridized carbons (Fsp3) is 0.214. The molecule has 2 aromatic heterocycles. The predicted molar refractivity (Wildman–Crippen MR) is 141 cm³/mol. The van der Waals surface area contributed by atoms with Gasteiger partial charge in [-0.15, -0.1) is 0 Å². The van der Waals surface area contributed by atoms with Crippen LogP contribution in [0.15, 0.2) is 79.0 Å². The van der Waals surface area contributed by atoms with Gasteiger partial charge in [0.05, 0.1) is 23.1 Å². The van der Waals surface area contributed by atoms with Crippen molar-refractivity contribution >= 4 is 45.2 Å². The standard InChI is InChI=1S/C28H25ClFN5/c29-20-7-10-23-24(11-14-31-26(23)17-20)32-22-12-15-34(16-13-22)28-33-25-3-1-2-4-27(25)35(28)18-19-5-8-21(30)9-6-19/h1-11,14,17,22H,12-13,15-16,18H2,(H,31,32). The van der Waals surface area contributed by atoms with E-state index >= 15 is 0 Å². The molecule has 176 valence electrons. The number of hydrogen-bond donors (Lipinski definition) is 1. The highest BCUT2D eigenvalue weighted by atomic mass is 35.5. The molecule has 3 aromatic carbocycles. The largest absolute Gasteiger partial charge is 0.382 e. The molecule has 7 heteroatoms. The molecule has 1 N–H and O–H groups in total. The molecule has 1 fully saturated rings. The number of piperidine rings is 1. The molecule has 0 amide bonds. The zero-order valence-electron chi connectivity index (χ0n) is 19.2. The molecule has 0 aliphatic carbocycles. The van der Waals surface area contributed by atoms with E-state index < -0.39 is 0 Å². The lowest BCUT2D eigenvalue weighted by atomic mass is 10.0. The van der Waals surface area contributed by atoms with Crippen LogP contribution in [-0.2, 0) is 6.54 Å². The molecule has 5 aromatic rings. The van der Waals surface area contributed by atoms with Gasteiger partial charge in [-0.25, -0.2) is 9.37 Å². The van der Waals surface area contributed by atoms with Crippen LogP contribution in [0, 0.1) is 5.82 Å². The summed E-state index contributed by atoms with van der Waals surface area (Å²) in [6.07, 6.45) is 3.82. The summed E-state index contributed by atoms with van der Waals surface area (Å²) >= 11 is 6.15. The number of para-hydroxylation sites is 2. The van der Waals surface area contributed by atoms with E-state index in [4.69, 9.17) is 16.6 Å². The summed E-state index contributed by atoms with van der Waals surface area (Å²) < 4.78 is 15.7. The Balaban J connectivity index is 1.22. The van der Waals surface area contributed by atoms with Gasteiger partial charge in [0.1, 0.15) is 5.82 Å². The first-order valence-corrected chi connectivity index (χ1v) is 12.3. The summed E-state index contributed by atoms with van der Waals surface area (Å²) in [5, 5.41) is 5.51. The van der Waals surface area contributed by atoms with Crippen molar-refractivity contribution in [3.05, 3.63) is 95.4 Å². The number of halogens is 2. The van der Waals surface area contributed by atoms with Crippen LogP contribution in [0.5, 0.6) is 0 Å². The summed E-state index contributed by atoms with van der Waals surface area (Å²) in [4.78, 5) is 11.8. The van der Waals surface area contributed by atoms with Gasteiger partial charge in [0, 0.05) is 41.4 Å². The molecule has 0 spiro atoms. The van der Waals surface area contributed by atoms with Crippen molar-refractivity contribution in [2.45, 2.75) is 25.4 Å². The highest BCUT2D eigenvalue weighted by Crippen LogP contribution is 2.29. The highest BCUT2D eigenvalue weighted by Gasteiger charge is 2.24. The summed E-state index contributed by atoms with van der Waals surface area (Å²) in [5.74, 6) is 0.752. The van der Waals surface area contributed by atoms with Crippen LogP contribution in [0.2, 0.25) is 5.02 Å². The van der Waals surface area contributed by atoms with Gasteiger partial charge in [-0.3, -0.25) is 4.98 Å². The highest BCUT2D eigenvalue weighted by molar-refractivity contribution is 6.31. The molecule has 35 heavy (non-hydrogen) atoms. The van der Waals surface area contributed by atoms with E-state index in [1.165, 1.54) is 12.1 Å². The molecule has 0 atom stereocenters. The van der Waals surface area contributed by atoms with Gasteiger partial charge in [-0.05, 0) is 66.9 Å². The molecule has 1 saturated heterocycles. The number of nitrogens with zero attached hydrogens (tertiary/aromatic N) is 4. The third-order valence-electron chi connectivity index (χ3n) is 6.73. The molecular formula is C28H25ClFN5. The summed E-state index contributed by atoms with van der Waals surface area (Å²) in [6.45, 7) is 2.46. The number of imidazole rings is 1. The Kier molecular flexibility index (Phi) is 5.74. The van der Waals surface area contributed by atoms with Gasteiger partial charge in [0.2, 0.25) is 5.95 Å². The summed E-state index contributed by atoms with van der Waals surface area (Å²) in [5.41, 5.74) is 5.11. The van der Waals surface area contributed by atoms with Gasteiger partial charge in [-0.2, -0.15) is 0 Å². The number of pyridine rings is 1. The Morgan fingerprint density at radius 2 is 1.74 bits per heavy atom. The van der Waals surface area contributed by atoms with Crippen LogP contribution >= 0.6 is 11.6 Å². The van der Waals surface area contributed by atoms with Gasteiger partial charge in [-0.1, -0.05) is 35.9 Å². The first-order chi connectivity index (χ1) is 17.1. The molecule has 3 heterocycles. The van der Waals surface area contributed by atoms with E-state index in [0.717, 1.165) is 65.1 Å². The average Bonchev–Trinajstić information content (AvgIpc) is 3.24. The SMILES string of the molecule is Fc1ccc(Cn2c(N3CCC(Nc4ccnc5cc(Cl)ccc45)CC3)nc3ccccc32)cc1. The van der Waals surface area contributed by atoms with Gasteiger partial charge >= 0.3 is 0 Å². The molecule has 1 aliphatic heterocycles. The molecule has 0 bridgehead atoms. The lowest BCUT2D eigenvalue weighted by Gasteiger charge is -2.34. The minimum absolute atomic E-state index is 0.218. The number of anilines is 2. The van der Waals surface area contributed by atoms with Crippen molar-refractivity contribution in [3.8, 4) is 0 Å². The lowest BCUT2D eigenvalue weighted by molar-refractivity contribution is 0.515. The number of benzene rings is 3. The average molecular weight is 486 g/mol. The van der Waals surface area contributed by atoms with Crippen LogP contribution in [0.4, 0.5) is 16.0 Å². The molecule has 5 nitrogen and oxygen atoms in total. The number of hydrogen-bond acceptors (Lipinski definition) is 4. The zero-order chi connectivity index (χ0) is 23.8. The van der Waals surface area contributed by atoms with Crippen molar-refractivity contribution in [1.82, 2.24) is 14.5 Å². The second-order valence-electron chi connectivity index (χ2n) is 9.04. The topological polar surface area (TPSA) is 46.0 Å². The second-order valence-corrected chi connectivity index (χ2v) is 9.48. The molecule has 0 unspecified atom stereocenters. The van der Waals surface area contributed by atoms with Crippen LogP contribution in [-0.4, -0.2) is 33.7 Å². The van der Waals surface area contributed by atoms with E-state index in [2.05, 4.69) is 31.9 Å². The fourth-order valence-corrected chi connectivity index (χ4v) is 5.09. The molecule has 0 radical (unpaired) electrons. The van der Waals surface area contributed by atoms with E-state index in [-0.39, 0.29) is 5.82 Å². The van der Waals surface area contributed by atoms with E-state index in [1.54, 1.807) is 0 Å². The fourth-order valence-electron chi connectivity index (χ4n) is 4.92. The molecule has 1 aliphatic rings.